The van der Waals surface area contributed by atoms with Crippen LogP contribution >= 0.6 is 11.3 Å². The number of aryl methyl sites for hydroxylation is 3. The Balaban J connectivity index is 1.28. The molecule has 1 aromatic heterocycles. The van der Waals surface area contributed by atoms with E-state index in [2.05, 4.69) is 10.6 Å². The van der Waals surface area contributed by atoms with Crippen LogP contribution in [0.15, 0.2) is 0 Å². The third-order valence-electron chi connectivity index (χ3n) is 5.02. The fourth-order valence-corrected chi connectivity index (χ4v) is 4.77. The van der Waals surface area contributed by atoms with Gasteiger partial charge in [0.15, 0.2) is 0 Å². The number of aromatic nitrogens is 1. The number of hydrogen-bond acceptors (Lipinski definition) is 4. The molecule has 4 nitrogen and oxygen atoms in total. The van der Waals surface area contributed by atoms with Crippen molar-refractivity contribution < 1.29 is 4.79 Å². The molecular weight excluding hydrogens is 306 g/mol. The predicted octanol–water partition coefficient (Wildman–Crippen LogP) is 2.85. The van der Waals surface area contributed by atoms with E-state index in [0.29, 0.717) is 6.42 Å². The minimum atomic E-state index is 0.224. The molecule has 5 heteroatoms. The largest absolute Gasteiger partial charge is 0.356 e. The Hall–Kier alpha value is -0.940. The fraction of sp³-hybridized carbons (Fsp3) is 0.778. The second kappa shape index (κ2) is 8.78. The van der Waals surface area contributed by atoms with Gasteiger partial charge in [-0.2, -0.15) is 0 Å². The Bertz CT molecular complexity index is 485. The lowest BCUT2D eigenvalue weighted by Gasteiger charge is -2.22. The van der Waals surface area contributed by atoms with Crippen LogP contribution in [0.2, 0.25) is 0 Å². The Morgan fingerprint density at radius 3 is 2.91 bits per heavy atom. The van der Waals surface area contributed by atoms with Crippen LogP contribution in [0, 0.1) is 5.92 Å². The van der Waals surface area contributed by atoms with Gasteiger partial charge in [-0.25, -0.2) is 4.98 Å². The van der Waals surface area contributed by atoms with Gasteiger partial charge in [0.1, 0.15) is 0 Å². The van der Waals surface area contributed by atoms with Crippen LogP contribution in [0.25, 0.3) is 0 Å². The number of hydrogen-bond donors (Lipinski definition) is 2. The van der Waals surface area contributed by atoms with Crippen molar-refractivity contribution in [1.29, 1.82) is 0 Å². The number of fused-ring (bicyclic) bond motifs is 1. The fourth-order valence-electron chi connectivity index (χ4n) is 3.57. The maximum absolute atomic E-state index is 11.9. The van der Waals surface area contributed by atoms with Crippen molar-refractivity contribution >= 4 is 17.2 Å². The summed E-state index contributed by atoms with van der Waals surface area (Å²) in [5, 5.41) is 7.71. The van der Waals surface area contributed by atoms with E-state index in [1.165, 1.54) is 54.1 Å². The van der Waals surface area contributed by atoms with Gasteiger partial charge in [-0.05, 0) is 70.4 Å². The van der Waals surface area contributed by atoms with E-state index in [1.54, 1.807) is 0 Å². The zero-order valence-electron chi connectivity index (χ0n) is 14.0. The van der Waals surface area contributed by atoms with E-state index in [9.17, 15) is 4.79 Å². The van der Waals surface area contributed by atoms with Gasteiger partial charge in [-0.1, -0.05) is 0 Å². The number of carbonyl (C=O) groups excluding carboxylic acids is 1. The van der Waals surface area contributed by atoms with Gasteiger partial charge in [-0.3, -0.25) is 4.79 Å². The van der Waals surface area contributed by atoms with Crippen molar-refractivity contribution in [3.8, 4) is 0 Å². The average molecular weight is 336 g/mol. The lowest BCUT2D eigenvalue weighted by molar-refractivity contribution is -0.121. The van der Waals surface area contributed by atoms with Gasteiger partial charge in [0.2, 0.25) is 5.91 Å². The summed E-state index contributed by atoms with van der Waals surface area (Å²) in [6, 6.07) is 0. The van der Waals surface area contributed by atoms with Crippen LogP contribution in [0.3, 0.4) is 0 Å². The molecule has 1 fully saturated rings. The molecule has 0 radical (unpaired) electrons. The second-order valence-corrected chi connectivity index (χ2v) is 8.04. The Labute approximate surface area is 143 Å². The van der Waals surface area contributed by atoms with E-state index in [1.807, 2.05) is 11.3 Å². The van der Waals surface area contributed by atoms with E-state index in [4.69, 9.17) is 4.98 Å². The molecule has 128 valence electrons. The summed E-state index contributed by atoms with van der Waals surface area (Å²) in [6.45, 7) is 3.02. The van der Waals surface area contributed by atoms with Crippen molar-refractivity contribution in [3.63, 3.8) is 0 Å². The summed E-state index contributed by atoms with van der Waals surface area (Å²) in [7, 11) is 0. The second-order valence-electron chi connectivity index (χ2n) is 6.87. The Morgan fingerprint density at radius 1 is 1.26 bits per heavy atom. The lowest BCUT2D eigenvalue weighted by atomic mass is 9.93. The van der Waals surface area contributed by atoms with E-state index >= 15 is 0 Å². The zero-order valence-corrected chi connectivity index (χ0v) is 14.8. The highest BCUT2D eigenvalue weighted by Crippen LogP contribution is 2.27. The first kappa shape index (κ1) is 16.9. The molecule has 23 heavy (non-hydrogen) atoms. The molecule has 0 unspecified atom stereocenters. The highest BCUT2D eigenvalue weighted by molar-refractivity contribution is 7.11. The molecule has 1 aliphatic carbocycles. The van der Waals surface area contributed by atoms with Crippen LogP contribution in [-0.4, -0.2) is 30.5 Å². The monoisotopic (exact) mass is 335 g/mol. The van der Waals surface area contributed by atoms with Crippen LogP contribution in [0.4, 0.5) is 0 Å². The minimum absolute atomic E-state index is 0.224. The summed E-state index contributed by atoms with van der Waals surface area (Å²) >= 11 is 1.89. The first-order chi connectivity index (χ1) is 11.3. The summed E-state index contributed by atoms with van der Waals surface area (Å²) in [4.78, 5) is 18.2. The van der Waals surface area contributed by atoms with E-state index in [0.717, 1.165) is 44.8 Å². The number of amides is 1. The molecular formula is C18H29N3OS. The highest BCUT2D eigenvalue weighted by atomic mass is 32.1. The molecule has 1 saturated heterocycles. The molecule has 0 bridgehead atoms. The maximum atomic E-state index is 11.9. The van der Waals surface area contributed by atoms with Crippen LogP contribution in [-0.2, 0) is 24.1 Å². The number of rotatable bonds is 7. The Morgan fingerprint density at radius 2 is 2.09 bits per heavy atom. The van der Waals surface area contributed by atoms with Gasteiger partial charge in [-0.15, -0.1) is 11.3 Å². The molecule has 3 rings (SSSR count). The maximum Gasteiger partial charge on any atom is 0.220 e. The SMILES string of the molecule is O=C(CCC1CCNCC1)NCCCc1nc2c(s1)CCCC2. The summed E-state index contributed by atoms with van der Waals surface area (Å²) in [5.41, 5.74) is 1.35. The minimum Gasteiger partial charge on any atom is -0.356 e. The molecule has 0 saturated carbocycles. The lowest BCUT2D eigenvalue weighted by Crippen LogP contribution is -2.29. The summed E-state index contributed by atoms with van der Waals surface area (Å²) < 4.78 is 0. The zero-order chi connectivity index (χ0) is 15.9. The molecule has 0 aromatic carbocycles. The quantitative estimate of drug-likeness (QED) is 0.753. The number of nitrogens with one attached hydrogen (secondary N) is 2. The van der Waals surface area contributed by atoms with Crippen molar-refractivity contribution in [1.82, 2.24) is 15.6 Å². The standard InChI is InChI=1S/C18H29N3OS/c22-17(8-7-14-9-12-19-13-10-14)20-11-3-6-18-21-15-4-1-2-5-16(15)23-18/h14,19H,1-13H2,(H,20,22). The first-order valence-corrected chi connectivity index (χ1v) is 10.1. The molecule has 0 atom stereocenters. The molecule has 2 heterocycles. The third-order valence-corrected chi connectivity index (χ3v) is 6.24. The smallest absolute Gasteiger partial charge is 0.220 e. The molecule has 2 aliphatic rings. The highest BCUT2D eigenvalue weighted by Gasteiger charge is 2.15. The van der Waals surface area contributed by atoms with E-state index in [-0.39, 0.29) is 5.91 Å². The number of carbonyl (C=O) groups is 1. The number of thiazole rings is 1. The predicted molar refractivity (Wildman–Crippen MR) is 94.9 cm³/mol. The van der Waals surface area contributed by atoms with Gasteiger partial charge >= 0.3 is 0 Å². The Kier molecular flexibility index (Phi) is 6.46. The first-order valence-electron chi connectivity index (χ1n) is 9.26. The average Bonchev–Trinajstić information content (AvgIpc) is 3.00. The van der Waals surface area contributed by atoms with Crippen molar-refractivity contribution in [3.05, 3.63) is 15.6 Å². The van der Waals surface area contributed by atoms with Crippen LogP contribution in [0.5, 0.6) is 0 Å². The van der Waals surface area contributed by atoms with E-state index < -0.39 is 0 Å². The normalized spacial score (nSPS) is 18.6. The van der Waals surface area contributed by atoms with Crippen molar-refractivity contribution in [2.24, 2.45) is 5.92 Å². The molecule has 2 N–H and O–H groups in total. The van der Waals surface area contributed by atoms with Gasteiger partial charge in [0, 0.05) is 24.3 Å². The van der Waals surface area contributed by atoms with Gasteiger partial charge in [0.05, 0.1) is 10.7 Å². The summed E-state index contributed by atoms with van der Waals surface area (Å²) in [6.07, 6.45) is 11.2. The molecule has 0 spiro atoms. The van der Waals surface area contributed by atoms with Gasteiger partial charge < -0.3 is 10.6 Å². The third kappa shape index (κ3) is 5.28. The summed E-state index contributed by atoms with van der Waals surface area (Å²) in [5.74, 6) is 0.964. The van der Waals surface area contributed by atoms with Crippen molar-refractivity contribution in [2.75, 3.05) is 19.6 Å². The van der Waals surface area contributed by atoms with Crippen LogP contribution in [0.1, 0.15) is 60.5 Å². The van der Waals surface area contributed by atoms with Crippen molar-refractivity contribution in [2.45, 2.75) is 64.2 Å². The van der Waals surface area contributed by atoms with Gasteiger partial charge in [0.25, 0.3) is 0 Å². The molecule has 1 aliphatic heterocycles. The van der Waals surface area contributed by atoms with Crippen LogP contribution < -0.4 is 10.6 Å². The molecule has 1 amide bonds. The topological polar surface area (TPSA) is 54.0 Å². The molecule has 1 aromatic rings. The number of nitrogens with zero attached hydrogens (tertiary/aromatic N) is 1. The number of piperidine rings is 1.